The summed E-state index contributed by atoms with van der Waals surface area (Å²) in [7, 11) is 0. The second kappa shape index (κ2) is 8.92. The summed E-state index contributed by atoms with van der Waals surface area (Å²) in [5.41, 5.74) is 0.462. The van der Waals surface area contributed by atoms with Gasteiger partial charge in [-0.3, -0.25) is 14.6 Å². The number of aromatic nitrogens is 1. The summed E-state index contributed by atoms with van der Waals surface area (Å²) in [6.07, 6.45) is 1.29. The van der Waals surface area contributed by atoms with E-state index in [9.17, 15) is 18.4 Å². The smallest absolute Gasteiger partial charge is 0.274 e. The maximum atomic E-state index is 13.7. The zero-order valence-electron chi connectivity index (χ0n) is 15.4. The summed E-state index contributed by atoms with van der Waals surface area (Å²) in [5, 5.41) is 5.00. The Morgan fingerprint density at radius 1 is 0.966 bits per heavy atom. The molecule has 6 nitrogen and oxygen atoms in total. The molecule has 2 N–H and O–H groups in total. The molecular formula is C21H17F2N3O3. The molecule has 3 aromatic rings. The van der Waals surface area contributed by atoms with Crippen LogP contribution in [0.1, 0.15) is 27.8 Å². The van der Waals surface area contributed by atoms with Gasteiger partial charge in [-0.05, 0) is 55.5 Å². The number of amides is 2. The van der Waals surface area contributed by atoms with E-state index < -0.39 is 23.4 Å². The van der Waals surface area contributed by atoms with E-state index in [0.29, 0.717) is 24.1 Å². The minimum absolute atomic E-state index is 0.00566. The quantitative estimate of drug-likeness (QED) is 0.651. The third-order valence-corrected chi connectivity index (χ3v) is 3.86. The van der Waals surface area contributed by atoms with Crippen molar-refractivity contribution in [1.29, 1.82) is 0 Å². The number of rotatable bonds is 6. The number of ether oxygens (including phenoxy) is 1. The van der Waals surface area contributed by atoms with Gasteiger partial charge in [0.2, 0.25) is 0 Å². The SMILES string of the molecule is CCOc1ccc(NC(=O)c2cc(C(=O)Nc3ccc(F)cc3F)ccn2)cc1. The van der Waals surface area contributed by atoms with Crippen LogP contribution in [0.25, 0.3) is 0 Å². The van der Waals surface area contributed by atoms with Gasteiger partial charge in [0.15, 0.2) is 0 Å². The molecule has 148 valence electrons. The second-order valence-electron chi connectivity index (χ2n) is 5.92. The van der Waals surface area contributed by atoms with Crippen molar-refractivity contribution in [1.82, 2.24) is 4.98 Å². The van der Waals surface area contributed by atoms with Crippen LogP contribution in [0.15, 0.2) is 60.8 Å². The molecule has 0 unspecified atom stereocenters. The van der Waals surface area contributed by atoms with Crippen molar-refractivity contribution >= 4 is 23.2 Å². The first-order chi connectivity index (χ1) is 14.0. The Labute approximate surface area is 165 Å². The summed E-state index contributed by atoms with van der Waals surface area (Å²) in [4.78, 5) is 28.7. The number of carbonyl (C=O) groups is 2. The zero-order valence-corrected chi connectivity index (χ0v) is 15.4. The third kappa shape index (κ3) is 5.13. The van der Waals surface area contributed by atoms with E-state index in [2.05, 4.69) is 15.6 Å². The summed E-state index contributed by atoms with van der Waals surface area (Å²) in [6, 6.07) is 12.3. The fourth-order valence-corrected chi connectivity index (χ4v) is 2.48. The van der Waals surface area contributed by atoms with Gasteiger partial charge < -0.3 is 15.4 Å². The maximum Gasteiger partial charge on any atom is 0.274 e. The van der Waals surface area contributed by atoms with E-state index in [1.807, 2.05) is 6.92 Å². The van der Waals surface area contributed by atoms with Crippen LogP contribution in [0.4, 0.5) is 20.2 Å². The predicted octanol–water partition coefficient (Wildman–Crippen LogP) is 4.26. The van der Waals surface area contributed by atoms with Gasteiger partial charge in [0.05, 0.1) is 12.3 Å². The topological polar surface area (TPSA) is 80.3 Å². The number of halogens is 2. The van der Waals surface area contributed by atoms with E-state index in [1.54, 1.807) is 24.3 Å². The number of carbonyl (C=O) groups excluding carboxylic acids is 2. The number of nitrogens with one attached hydrogen (secondary N) is 2. The molecule has 29 heavy (non-hydrogen) atoms. The van der Waals surface area contributed by atoms with E-state index in [-0.39, 0.29) is 16.9 Å². The molecule has 0 aliphatic carbocycles. The normalized spacial score (nSPS) is 10.3. The maximum absolute atomic E-state index is 13.7. The van der Waals surface area contributed by atoms with E-state index in [1.165, 1.54) is 18.3 Å². The third-order valence-electron chi connectivity index (χ3n) is 3.86. The van der Waals surface area contributed by atoms with Gasteiger partial charge in [0.25, 0.3) is 11.8 Å². The Hall–Kier alpha value is -3.81. The van der Waals surface area contributed by atoms with E-state index >= 15 is 0 Å². The zero-order chi connectivity index (χ0) is 20.8. The van der Waals surface area contributed by atoms with E-state index in [0.717, 1.165) is 12.1 Å². The molecule has 1 heterocycles. The van der Waals surface area contributed by atoms with Gasteiger partial charge in [-0.1, -0.05) is 0 Å². The first kappa shape index (κ1) is 19.9. The molecule has 1 aromatic heterocycles. The van der Waals surface area contributed by atoms with E-state index in [4.69, 9.17) is 4.74 Å². The fourth-order valence-electron chi connectivity index (χ4n) is 2.48. The number of benzene rings is 2. The Balaban J connectivity index is 1.70. The lowest BCUT2D eigenvalue weighted by Gasteiger charge is -2.09. The highest BCUT2D eigenvalue weighted by molar-refractivity contribution is 6.07. The Morgan fingerprint density at radius 3 is 2.41 bits per heavy atom. The molecule has 0 aliphatic heterocycles. The number of anilines is 2. The Morgan fingerprint density at radius 2 is 1.72 bits per heavy atom. The van der Waals surface area contributed by atoms with Crippen LogP contribution in [-0.4, -0.2) is 23.4 Å². The fraction of sp³-hybridized carbons (Fsp3) is 0.0952. The molecule has 0 spiro atoms. The summed E-state index contributed by atoms with van der Waals surface area (Å²) in [5.74, 6) is -2.15. The minimum atomic E-state index is -0.902. The summed E-state index contributed by atoms with van der Waals surface area (Å²) < 4.78 is 32.0. The summed E-state index contributed by atoms with van der Waals surface area (Å²) >= 11 is 0. The van der Waals surface area contributed by atoms with Crippen molar-refractivity contribution < 1.29 is 23.1 Å². The lowest BCUT2D eigenvalue weighted by Crippen LogP contribution is -2.17. The molecule has 0 fully saturated rings. The molecule has 0 atom stereocenters. The van der Waals surface area contributed by atoms with Gasteiger partial charge in [0.1, 0.15) is 23.1 Å². The predicted molar refractivity (Wildman–Crippen MR) is 104 cm³/mol. The van der Waals surface area contributed by atoms with Crippen molar-refractivity contribution in [2.45, 2.75) is 6.92 Å². The molecule has 0 saturated heterocycles. The number of nitrogens with zero attached hydrogens (tertiary/aromatic N) is 1. The van der Waals surface area contributed by atoms with Crippen molar-refractivity contribution in [3.63, 3.8) is 0 Å². The van der Waals surface area contributed by atoms with Crippen LogP contribution in [0.2, 0.25) is 0 Å². The van der Waals surface area contributed by atoms with Crippen LogP contribution in [0.3, 0.4) is 0 Å². The molecule has 3 rings (SSSR count). The molecular weight excluding hydrogens is 380 g/mol. The average molecular weight is 397 g/mol. The molecule has 0 bridgehead atoms. The Kier molecular flexibility index (Phi) is 6.13. The van der Waals surface area contributed by atoms with Crippen LogP contribution in [0.5, 0.6) is 5.75 Å². The average Bonchev–Trinajstić information content (AvgIpc) is 2.72. The molecule has 2 amide bonds. The van der Waals surface area contributed by atoms with Crippen molar-refractivity contribution in [2.24, 2.45) is 0 Å². The van der Waals surface area contributed by atoms with Crippen LogP contribution >= 0.6 is 0 Å². The largest absolute Gasteiger partial charge is 0.494 e. The van der Waals surface area contributed by atoms with Crippen LogP contribution in [-0.2, 0) is 0 Å². The highest BCUT2D eigenvalue weighted by Gasteiger charge is 2.14. The van der Waals surface area contributed by atoms with Crippen LogP contribution < -0.4 is 15.4 Å². The van der Waals surface area contributed by atoms with Gasteiger partial charge in [0, 0.05) is 23.5 Å². The monoisotopic (exact) mass is 397 g/mol. The lowest BCUT2D eigenvalue weighted by atomic mass is 10.2. The number of pyridine rings is 1. The molecule has 0 saturated carbocycles. The molecule has 0 radical (unpaired) electrons. The molecule has 0 aliphatic rings. The van der Waals surface area contributed by atoms with Gasteiger partial charge in [-0.25, -0.2) is 8.78 Å². The molecule has 2 aromatic carbocycles. The van der Waals surface area contributed by atoms with Crippen molar-refractivity contribution in [3.8, 4) is 5.75 Å². The van der Waals surface area contributed by atoms with Gasteiger partial charge in [-0.15, -0.1) is 0 Å². The Bertz CT molecular complexity index is 1040. The first-order valence-corrected chi connectivity index (χ1v) is 8.73. The first-order valence-electron chi connectivity index (χ1n) is 8.73. The number of hydrogen-bond donors (Lipinski definition) is 2. The highest BCUT2D eigenvalue weighted by Crippen LogP contribution is 2.18. The number of hydrogen-bond acceptors (Lipinski definition) is 4. The minimum Gasteiger partial charge on any atom is -0.494 e. The standard InChI is InChI=1S/C21H17F2N3O3/c1-2-29-16-6-4-15(5-7-16)25-21(28)19-11-13(9-10-24-19)20(27)26-18-8-3-14(22)12-17(18)23/h3-12H,2H2,1H3,(H,25,28)(H,26,27). The van der Waals surface area contributed by atoms with Gasteiger partial charge in [-0.2, -0.15) is 0 Å². The van der Waals surface area contributed by atoms with Gasteiger partial charge >= 0.3 is 0 Å². The van der Waals surface area contributed by atoms with Crippen molar-refractivity contribution in [3.05, 3.63) is 83.7 Å². The lowest BCUT2D eigenvalue weighted by molar-refractivity contribution is 0.102. The second-order valence-corrected chi connectivity index (χ2v) is 5.92. The van der Waals surface area contributed by atoms with Crippen LogP contribution in [0, 0.1) is 11.6 Å². The highest BCUT2D eigenvalue weighted by atomic mass is 19.1. The van der Waals surface area contributed by atoms with Crippen molar-refractivity contribution in [2.75, 3.05) is 17.2 Å². The summed E-state index contributed by atoms with van der Waals surface area (Å²) in [6.45, 7) is 2.40. The molecule has 8 heteroatoms.